The van der Waals surface area contributed by atoms with Crippen LogP contribution in [0.4, 0.5) is 0 Å². The van der Waals surface area contributed by atoms with Gasteiger partial charge in [-0.2, -0.15) is 0 Å². The van der Waals surface area contributed by atoms with Crippen LogP contribution in [-0.2, 0) is 4.79 Å². The van der Waals surface area contributed by atoms with Crippen molar-refractivity contribution in [3.05, 3.63) is 34.7 Å². The second kappa shape index (κ2) is 3.83. The van der Waals surface area contributed by atoms with Crippen molar-refractivity contribution in [1.29, 1.82) is 0 Å². The normalized spacial score (nSPS) is 30.1. The topological polar surface area (TPSA) is 54.9 Å². The van der Waals surface area contributed by atoms with Gasteiger partial charge in [0.05, 0.1) is 11.0 Å². The molecule has 0 amide bonds. The number of nitrogens with one attached hydrogen (secondary N) is 1. The fraction of sp³-hybridized carbons (Fsp3) is 0.467. The Morgan fingerprint density at radius 2 is 1.74 bits per heavy atom. The van der Waals surface area contributed by atoms with Gasteiger partial charge in [0.25, 0.3) is 0 Å². The van der Waals surface area contributed by atoms with Crippen LogP contribution in [0.2, 0.25) is 0 Å². The summed E-state index contributed by atoms with van der Waals surface area (Å²) in [5, 5.41) is 0. The molecule has 1 N–H and O–H groups in total. The monoisotopic (exact) mass is 256 g/mol. The van der Waals surface area contributed by atoms with E-state index in [4.69, 9.17) is 0 Å². The number of para-hydroxylation sites is 2. The predicted molar refractivity (Wildman–Crippen MR) is 72.1 cm³/mol. The molecule has 2 saturated carbocycles. The molecule has 4 rings (SSSR count). The molecule has 4 heteroatoms. The Morgan fingerprint density at radius 3 is 2.47 bits per heavy atom. The van der Waals surface area contributed by atoms with E-state index in [0.717, 1.165) is 36.7 Å². The number of hydrogen-bond acceptors (Lipinski definition) is 2. The number of rotatable bonds is 1. The van der Waals surface area contributed by atoms with Gasteiger partial charge >= 0.3 is 5.69 Å². The van der Waals surface area contributed by atoms with E-state index in [1.807, 2.05) is 28.8 Å². The maximum atomic E-state index is 12.2. The van der Waals surface area contributed by atoms with Gasteiger partial charge in [-0.1, -0.05) is 12.1 Å². The van der Waals surface area contributed by atoms with E-state index < -0.39 is 0 Å². The third kappa shape index (κ3) is 1.59. The molecule has 0 radical (unpaired) electrons. The van der Waals surface area contributed by atoms with Gasteiger partial charge in [-0.15, -0.1) is 0 Å². The first-order valence-electron chi connectivity index (χ1n) is 6.93. The van der Waals surface area contributed by atoms with Gasteiger partial charge in [0.15, 0.2) is 0 Å². The zero-order valence-electron chi connectivity index (χ0n) is 10.6. The molecule has 19 heavy (non-hydrogen) atoms. The van der Waals surface area contributed by atoms with Crippen LogP contribution in [0, 0.1) is 11.8 Å². The van der Waals surface area contributed by atoms with Crippen molar-refractivity contribution < 1.29 is 4.79 Å². The molecule has 1 aromatic heterocycles. The molecule has 1 aromatic carbocycles. The second-order valence-corrected chi connectivity index (χ2v) is 5.91. The smallest absolute Gasteiger partial charge is 0.306 e. The van der Waals surface area contributed by atoms with Crippen LogP contribution in [0.3, 0.4) is 0 Å². The Bertz CT molecular complexity index is 696. The molecule has 4 nitrogen and oxygen atoms in total. The lowest BCUT2D eigenvalue weighted by molar-refractivity contribution is -0.117. The highest BCUT2D eigenvalue weighted by molar-refractivity contribution is 5.81. The van der Waals surface area contributed by atoms with Crippen molar-refractivity contribution in [1.82, 2.24) is 9.55 Å². The van der Waals surface area contributed by atoms with E-state index in [2.05, 4.69) is 4.98 Å². The summed E-state index contributed by atoms with van der Waals surface area (Å²) < 4.78 is 1.90. The summed E-state index contributed by atoms with van der Waals surface area (Å²) in [6.45, 7) is 0. The highest BCUT2D eigenvalue weighted by Gasteiger charge is 2.42. The van der Waals surface area contributed by atoms with Crippen LogP contribution in [0.1, 0.15) is 31.7 Å². The van der Waals surface area contributed by atoms with E-state index >= 15 is 0 Å². The third-order valence-corrected chi connectivity index (χ3v) is 4.79. The summed E-state index contributed by atoms with van der Waals surface area (Å²) in [6.07, 6.45) is 3.38. The molecule has 0 saturated heterocycles. The lowest BCUT2D eigenvalue weighted by Gasteiger charge is -2.13. The Labute approximate surface area is 110 Å². The summed E-state index contributed by atoms with van der Waals surface area (Å²) >= 11 is 0. The molecule has 98 valence electrons. The van der Waals surface area contributed by atoms with Crippen molar-refractivity contribution in [3.8, 4) is 0 Å². The van der Waals surface area contributed by atoms with Gasteiger partial charge in [0.2, 0.25) is 0 Å². The molecule has 0 spiro atoms. The third-order valence-electron chi connectivity index (χ3n) is 4.79. The largest absolute Gasteiger partial charge is 0.326 e. The number of carbonyl (C=O) groups excluding carboxylic acids is 1. The summed E-state index contributed by atoms with van der Waals surface area (Å²) in [6, 6.07) is 8.08. The summed E-state index contributed by atoms with van der Waals surface area (Å²) in [4.78, 5) is 26.5. The number of Topliss-reactive ketones (excluding diaryl/α,β-unsaturated/α-hetero) is 1. The molecule has 2 aliphatic carbocycles. The maximum Gasteiger partial charge on any atom is 0.326 e. The average Bonchev–Trinajstić information content (AvgIpc) is 2.97. The number of benzene rings is 1. The van der Waals surface area contributed by atoms with Gasteiger partial charge in [0, 0.05) is 18.9 Å². The fourth-order valence-electron chi connectivity index (χ4n) is 4.00. The van der Waals surface area contributed by atoms with Crippen LogP contribution in [0.5, 0.6) is 0 Å². The second-order valence-electron chi connectivity index (χ2n) is 5.91. The molecule has 2 aromatic rings. The highest BCUT2D eigenvalue weighted by Crippen LogP contribution is 2.47. The minimum absolute atomic E-state index is 0.0162. The quantitative estimate of drug-likeness (QED) is 0.850. The zero-order chi connectivity index (χ0) is 13.0. The SMILES string of the molecule is O=C1CC2CC(n3c(=O)[nH]c4ccccc43)CC2C1. The summed E-state index contributed by atoms with van der Waals surface area (Å²) in [5.74, 6) is 1.40. The number of ketones is 1. The molecule has 1 heterocycles. The van der Waals surface area contributed by atoms with Gasteiger partial charge in [-0.05, 0) is 36.8 Å². The van der Waals surface area contributed by atoms with Crippen molar-refractivity contribution >= 4 is 16.8 Å². The fourth-order valence-corrected chi connectivity index (χ4v) is 4.00. The lowest BCUT2D eigenvalue weighted by Crippen LogP contribution is -2.21. The molecular formula is C15H16N2O2. The number of nitrogens with zero attached hydrogens (tertiary/aromatic N) is 1. The van der Waals surface area contributed by atoms with Crippen LogP contribution in [0.25, 0.3) is 11.0 Å². The summed E-state index contributed by atoms with van der Waals surface area (Å²) in [5.41, 5.74) is 1.88. The number of aromatic amines is 1. The number of hydrogen-bond donors (Lipinski definition) is 1. The first kappa shape index (κ1) is 11.0. The van der Waals surface area contributed by atoms with Gasteiger partial charge in [-0.25, -0.2) is 4.79 Å². The number of imidazole rings is 1. The molecule has 2 aliphatic rings. The van der Waals surface area contributed by atoms with Gasteiger partial charge in [-0.3, -0.25) is 9.36 Å². The Morgan fingerprint density at radius 1 is 1.05 bits per heavy atom. The van der Waals surface area contributed by atoms with Crippen molar-refractivity contribution in [3.63, 3.8) is 0 Å². The first-order valence-corrected chi connectivity index (χ1v) is 6.93. The van der Waals surface area contributed by atoms with Gasteiger partial charge in [0.1, 0.15) is 5.78 Å². The molecule has 2 unspecified atom stereocenters. The van der Waals surface area contributed by atoms with Crippen molar-refractivity contribution in [2.45, 2.75) is 31.7 Å². The number of carbonyl (C=O) groups is 1. The lowest BCUT2D eigenvalue weighted by atomic mass is 10.0. The summed E-state index contributed by atoms with van der Waals surface area (Å²) in [7, 11) is 0. The van der Waals surface area contributed by atoms with E-state index in [-0.39, 0.29) is 11.7 Å². The number of fused-ring (bicyclic) bond motifs is 2. The molecule has 2 atom stereocenters. The molecular weight excluding hydrogens is 240 g/mol. The standard InChI is InChI=1S/C15H16N2O2/c18-12-7-9-5-11(6-10(9)8-12)17-14-4-2-1-3-13(14)16-15(17)19/h1-4,9-11H,5-8H2,(H,16,19). The van der Waals surface area contributed by atoms with Crippen LogP contribution in [-0.4, -0.2) is 15.3 Å². The van der Waals surface area contributed by atoms with Crippen LogP contribution >= 0.6 is 0 Å². The average molecular weight is 256 g/mol. The van der Waals surface area contributed by atoms with Crippen LogP contribution in [0.15, 0.2) is 29.1 Å². The molecule has 0 aliphatic heterocycles. The van der Waals surface area contributed by atoms with E-state index in [0.29, 0.717) is 17.6 Å². The van der Waals surface area contributed by atoms with Crippen molar-refractivity contribution in [2.75, 3.05) is 0 Å². The van der Waals surface area contributed by atoms with Gasteiger partial charge < -0.3 is 4.98 Å². The van der Waals surface area contributed by atoms with Crippen LogP contribution < -0.4 is 5.69 Å². The molecule has 2 fully saturated rings. The zero-order valence-corrected chi connectivity index (χ0v) is 10.6. The Kier molecular flexibility index (Phi) is 2.22. The minimum Gasteiger partial charge on any atom is -0.306 e. The van der Waals surface area contributed by atoms with E-state index in [1.54, 1.807) is 0 Å². The highest BCUT2D eigenvalue weighted by atomic mass is 16.1. The Balaban J connectivity index is 1.75. The number of aromatic nitrogens is 2. The predicted octanol–water partition coefficient (Wildman–Crippen LogP) is 2.26. The Hall–Kier alpha value is -1.84. The maximum absolute atomic E-state index is 12.2. The first-order chi connectivity index (χ1) is 9.22. The van der Waals surface area contributed by atoms with E-state index in [1.165, 1.54) is 0 Å². The minimum atomic E-state index is -0.0162. The number of H-pyrrole nitrogens is 1. The van der Waals surface area contributed by atoms with E-state index in [9.17, 15) is 9.59 Å². The molecule has 0 bridgehead atoms. The van der Waals surface area contributed by atoms with Crippen molar-refractivity contribution in [2.24, 2.45) is 11.8 Å².